The molecule has 0 saturated carbocycles. The highest BCUT2D eigenvalue weighted by atomic mass is 16.3. The molecule has 0 aromatic carbocycles. The maximum Gasteiger partial charge on any atom is 0.242 e. The lowest BCUT2D eigenvalue weighted by Crippen LogP contribution is -2.45. The molecule has 1 heterocycles. The monoisotopic (exact) mass is 351 g/mol. The van der Waals surface area contributed by atoms with Crippen LogP contribution in [-0.2, 0) is 11.3 Å². The Hall–Kier alpha value is -2.02. The fourth-order valence-corrected chi connectivity index (χ4v) is 2.56. The van der Waals surface area contributed by atoms with E-state index >= 15 is 0 Å². The Morgan fingerprint density at radius 3 is 2.48 bits per heavy atom. The molecule has 0 bridgehead atoms. The van der Waals surface area contributed by atoms with Gasteiger partial charge in [-0.2, -0.15) is 0 Å². The molecule has 1 aromatic rings. The molecular weight excluding hydrogens is 318 g/mol. The average molecular weight is 351 g/mol. The summed E-state index contributed by atoms with van der Waals surface area (Å²) in [6.07, 6.45) is 1.59. The lowest BCUT2D eigenvalue weighted by molar-refractivity contribution is -0.119. The third kappa shape index (κ3) is 8.58. The Morgan fingerprint density at radius 1 is 1.20 bits per heavy atom. The molecule has 142 valence electrons. The van der Waals surface area contributed by atoms with Crippen molar-refractivity contribution in [3.05, 3.63) is 24.2 Å². The summed E-state index contributed by atoms with van der Waals surface area (Å²) in [5, 5.41) is 9.23. The second-order valence-electron chi connectivity index (χ2n) is 6.40. The molecule has 0 radical (unpaired) electrons. The predicted octanol–water partition coefficient (Wildman–Crippen LogP) is 1.57. The van der Waals surface area contributed by atoms with Crippen LogP contribution in [0.3, 0.4) is 0 Å². The van der Waals surface area contributed by atoms with Gasteiger partial charge in [0.15, 0.2) is 5.96 Å². The molecule has 1 rings (SSSR count). The Morgan fingerprint density at radius 2 is 1.92 bits per heavy atom. The van der Waals surface area contributed by atoms with Crippen molar-refractivity contribution in [3.8, 4) is 0 Å². The number of rotatable bonds is 10. The third-order valence-electron chi connectivity index (χ3n) is 3.75. The van der Waals surface area contributed by atoms with Gasteiger partial charge in [0.25, 0.3) is 0 Å². The van der Waals surface area contributed by atoms with Crippen LogP contribution in [0.5, 0.6) is 0 Å². The number of furan rings is 1. The van der Waals surface area contributed by atoms with Crippen LogP contribution >= 0.6 is 0 Å². The van der Waals surface area contributed by atoms with E-state index in [1.165, 1.54) is 0 Å². The minimum absolute atomic E-state index is 0.0775. The Labute approximate surface area is 151 Å². The van der Waals surface area contributed by atoms with Crippen LogP contribution in [0, 0.1) is 0 Å². The number of hydrogen-bond donors (Lipinski definition) is 3. The lowest BCUT2D eigenvalue weighted by Gasteiger charge is -2.30. The maximum atomic E-state index is 11.9. The molecule has 1 amide bonds. The van der Waals surface area contributed by atoms with Crippen molar-refractivity contribution in [2.24, 2.45) is 4.99 Å². The second kappa shape index (κ2) is 11.5. The Kier molecular flexibility index (Phi) is 9.69. The Balaban J connectivity index is 2.40. The largest absolute Gasteiger partial charge is 0.467 e. The van der Waals surface area contributed by atoms with Crippen molar-refractivity contribution in [1.29, 1.82) is 0 Å². The van der Waals surface area contributed by atoms with Gasteiger partial charge in [-0.1, -0.05) is 0 Å². The minimum atomic E-state index is -0.139. The van der Waals surface area contributed by atoms with E-state index in [0.717, 1.165) is 25.4 Å². The molecule has 0 fully saturated rings. The average Bonchev–Trinajstić information content (AvgIpc) is 3.07. The fraction of sp³-hybridized carbons (Fsp3) is 0.667. The highest BCUT2D eigenvalue weighted by Gasteiger charge is 2.12. The van der Waals surface area contributed by atoms with Crippen molar-refractivity contribution in [2.45, 2.75) is 53.2 Å². The molecule has 0 aliphatic heterocycles. The van der Waals surface area contributed by atoms with Gasteiger partial charge >= 0.3 is 0 Å². The van der Waals surface area contributed by atoms with E-state index in [4.69, 9.17) is 4.42 Å². The summed E-state index contributed by atoms with van der Waals surface area (Å²) in [5.74, 6) is 1.24. The molecule has 0 spiro atoms. The van der Waals surface area contributed by atoms with E-state index in [0.29, 0.717) is 24.6 Å². The number of aliphatic imine (C=N–C) groups is 1. The zero-order chi connectivity index (χ0) is 18.7. The van der Waals surface area contributed by atoms with E-state index in [-0.39, 0.29) is 12.5 Å². The Bertz CT molecular complexity index is 504. The molecule has 7 heteroatoms. The standard InChI is InChI=1S/C18H33N5O2/c1-6-19-18(20-9-10-23(14(2)3)15(4)5)22-13-17(24)21-12-16-8-7-11-25-16/h7-8,11,14-15H,6,9-10,12-13H2,1-5H3,(H,21,24)(H2,19,20,22). The van der Waals surface area contributed by atoms with Gasteiger partial charge in [-0.3, -0.25) is 9.69 Å². The predicted molar refractivity (Wildman–Crippen MR) is 102 cm³/mol. The minimum Gasteiger partial charge on any atom is -0.467 e. The summed E-state index contributed by atoms with van der Waals surface area (Å²) in [6.45, 7) is 13.7. The van der Waals surface area contributed by atoms with Gasteiger partial charge in [0.2, 0.25) is 5.91 Å². The maximum absolute atomic E-state index is 11.9. The molecule has 0 aliphatic carbocycles. The van der Waals surface area contributed by atoms with Crippen LogP contribution < -0.4 is 16.0 Å². The molecule has 0 atom stereocenters. The van der Waals surface area contributed by atoms with E-state index in [1.54, 1.807) is 12.3 Å². The molecule has 25 heavy (non-hydrogen) atoms. The van der Waals surface area contributed by atoms with Gasteiger partial charge in [0.1, 0.15) is 12.3 Å². The van der Waals surface area contributed by atoms with Crippen molar-refractivity contribution in [1.82, 2.24) is 20.9 Å². The number of carbonyl (C=O) groups is 1. The summed E-state index contributed by atoms with van der Waals surface area (Å²) in [5.41, 5.74) is 0. The first-order valence-corrected chi connectivity index (χ1v) is 9.01. The van der Waals surface area contributed by atoms with Gasteiger partial charge in [0.05, 0.1) is 12.8 Å². The molecule has 7 nitrogen and oxygen atoms in total. The van der Waals surface area contributed by atoms with Crippen molar-refractivity contribution >= 4 is 11.9 Å². The van der Waals surface area contributed by atoms with Crippen LogP contribution in [-0.4, -0.2) is 55.0 Å². The summed E-state index contributed by atoms with van der Waals surface area (Å²) in [4.78, 5) is 18.6. The highest BCUT2D eigenvalue weighted by molar-refractivity contribution is 5.84. The van der Waals surface area contributed by atoms with Gasteiger partial charge in [-0.25, -0.2) is 4.99 Å². The summed E-state index contributed by atoms with van der Waals surface area (Å²) < 4.78 is 5.18. The summed E-state index contributed by atoms with van der Waals surface area (Å²) >= 11 is 0. The van der Waals surface area contributed by atoms with Crippen LogP contribution in [0.1, 0.15) is 40.4 Å². The summed E-state index contributed by atoms with van der Waals surface area (Å²) in [6, 6.07) is 4.61. The smallest absolute Gasteiger partial charge is 0.242 e. The lowest BCUT2D eigenvalue weighted by atomic mass is 10.2. The first-order valence-electron chi connectivity index (χ1n) is 9.01. The van der Waals surface area contributed by atoms with E-state index in [1.807, 2.05) is 13.0 Å². The van der Waals surface area contributed by atoms with E-state index in [2.05, 4.69) is 53.5 Å². The van der Waals surface area contributed by atoms with Crippen LogP contribution in [0.4, 0.5) is 0 Å². The summed E-state index contributed by atoms with van der Waals surface area (Å²) in [7, 11) is 0. The zero-order valence-electron chi connectivity index (χ0n) is 16.1. The molecule has 0 aliphatic rings. The topological polar surface area (TPSA) is 81.9 Å². The van der Waals surface area contributed by atoms with Crippen molar-refractivity contribution in [2.75, 3.05) is 26.2 Å². The number of guanidine groups is 1. The van der Waals surface area contributed by atoms with Gasteiger partial charge < -0.3 is 20.4 Å². The highest BCUT2D eigenvalue weighted by Crippen LogP contribution is 2.03. The van der Waals surface area contributed by atoms with Crippen LogP contribution in [0.2, 0.25) is 0 Å². The first-order chi connectivity index (χ1) is 11.9. The van der Waals surface area contributed by atoms with Crippen LogP contribution in [0.25, 0.3) is 0 Å². The number of amides is 1. The molecule has 3 N–H and O–H groups in total. The van der Waals surface area contributed by atoms with Gasteiger partial charge in [-0.05, 0) is 46.8 Å². The SMILES string of the molecule is CCNC(=NCC(=O)NCc1ccco1)NCCN(C(C)C)C(C)C. The van der Waals surface area contributed by atoms with Gasteiger partial charge in [0, 0.05) is 31.7 Å². The molecule has 0 saturated heterocycles. The van der Waals surface area contributed by atoms with Crippen LogP contribution in [0.15, 0.2) is 27.8 Å². The number of nitrogens with zero attached hydrogens (tertiary/aromatic N) is 2. The first kappa shape index (κ1) is 21.0. The normalized spacial score (nSPS) is 12.1. The molecular formula is C18H33N5O2. The van der Waals surface area contributed by atoms with E-state index in [9.17, 15) is 4.79 Å². The number of hydrogen-bond acceptors (Lipinski definition) is 4. The third-order valence-corrected chi connectivity index (χ3v) is 3.75. The zero-order valence-corrected chi connectivity index (χ0v) is 16.1. The van der Waals surface area contributed by atoms with Crippen molar-refractivity contribution in [3.63, 3.8) is 0 Å². The molecule has 0 unspecified atom stereocenters. The quantitative estimate of drug-likeness (QED) is 0.440. The number of carbonyl (C=O) groups excluding carboxylic acids is 1. The van der Waals surface area contributed by atoms with Crippen molar-refractivity contribution < 1.29 is 9.21 Å². The van der Waals surface area contributed by atoms with Gasteiger partial charge in [-0.15, -0.1) is 0 Å². The second-order valence-corrected chi connectivity index (χ2v) is 6.40. The molecule has 1 aromatic heterocycles. The number of nitrogens with one attached hydrogen (secondary N) is 3. The van der Waals surface area contributed by atoms with E-state index < -0.39 is 0 Å². The fourth-order valence-electron chi connectivity index (χ4n) is 2.56.